The summed E-state index contributed by atoms with van der Waals surface area (Å²) >= 11 is 0. The number of nitrogens with one attached hydrogen (secondary N) is 1. The Bertz CT molecular complexity index is 993. The van der Waals surface area contributed by atoms with Gasteiger partial charge in [-0.05, 0) is 61.2 Å². The highest BCUT2D eigenvalue weighted by Crippen LogP contribution is 2.21. The van der Waals surface area contributed by atoms with Crippen LogP contribution in [-0.2, 0) is 26.0 Å². The van der Waals surface area contributed by atoms with Crippen molar-refractivity contribution in [2.45, 2.75) is 43.9 Å². The molecule has 0 aliphatic carbocycles. The van der Waals surface area contributed by atoms with Gasteiger partial charge in [-0.15, -0.1) is 0 Å². The van der Waals surface area contributed by atoms with Crippen LogP contribution in [0.15, 0.2) is 53.4 Å². The minimum atomic E-state index is -3.58. The van der Waals surface area contributed by atoms with E-state index in [1.165, 1.54) is 28.6 Å². The third-order valence-electron chi connectivity index (χ3n) is 5.27. The molecule has 31 heavy (non-hydrogen) atoms. The molecule has 8 heteroatoms. The number of amides is 1. The maximum Gasteiger partial charge on any atom is 0.338 e. The molecule has 7 nitrogen and oxygen atoms in total. The Morgan fingerprint density at radius 1 is 0.935 bits per heavy atom. The first-order valence-electron chi connectivity index (χ1n) is 10.6. The summed E-state index contributed by atoms with van der Waals surface area (Å²) < 4.78 is 32.2. The van der Waals surface area contributed by atoms with Crippen LogP contribution >= 0.6 is 0 Å². The second-order valence-electron chi connectivity index (χ2n) is 7.52. The highest BCUT2D eigenvalue weighted by Gasteiger charge is 2.25. The van der Waals surface area contributed by atoms with E-state index in [1.807, 2.05) is 19.1 Å². The van der Waals surface area contributed by atoms with Crippen LogP contribution in [0.1, 0.15) is 48.5 Å². The van der Waals surface area contributed by atoms with Crippen molar-refractivity contribution in [2.75, 3.05) is 25.0 Å². The van der Waals surface area contributed by atoms with Crippen LogP contribution in [0, 0.1) is 0 Å². The average molecular weight is 445 g/mol. The number of hydrogen-bond acceptors (Lipinski definition) is 5. The lowest BCUT2D eigenvalue weighted by Crippen LogP contribution is -2.31. The Labute approximate surface area is 183 Å². The van der Waals surface area contributed by atoms with Crippen LogP contribution in [0.2, 0.25) is 0 Å². The highest BCUT2D eigenvalue weighted by molar-refractivity contribution is 7.89. The number of esters is 1. The van der Waals surface area contributed by atoms with Crippen molar-refractivity contribution in [3.8, 4) is 0 Å². The molecule has 0 unspecified atom stereocenters. The second-order valence-corrected chi connectivity index (χ2v) is 9.46. The van der Waals surface area contributed by atoms with Crippen molar-refractivity contribution >= 4 is 27.6 Å². The molecule has 0 saturated carbocycles. The van der Waals surface area contributed by atoms with E-state index in [0.29, 0.717) is 18.8 Å². The van der Waals surface area contributed by atoms with Gasteiger partial charge in [-0.2, -0.15) is 4.31 Å². The van der Waals surface area contributed by atoms with Gasteiger partial charge in [0.15, 0.2) is 6.61 Å². The zero-order valence-corrected chi connectivity index (χ0v) is 18.5. The molecule has 0 radical (unpaired) electrons. The summed E-state index contributed by atoms with van der Waals surface area (Å²) in [7, 11) is -3.58. The van der Waals surface area contributed by atoms with E-state index in [1.54, 1.807) is 12.1 Å². The lowest BCUT2D eigenvalue weighted by atomic mass is 10.1. The summed E-state index contributed by atoms with van der Waals surface area (Å²) in [6.45, 7) is 2.65. The molecule has 2 aromatic carbocycles. The number of carbonyl (C=O) groups excluding carboxylic acids is 2. The number of hydrogen-bond donors (Lipinski definition) is 1. The molecule has 1 heterocycles. The Morgan fingerprint density at radius 3 is 2.13 bits per heavy atom. The van der Waals surface area contributed by atoms with Gasteiger partial charge < -0.3 is 10.1 Å². The van der Waals surface area contributed by atoms with E-state index in [4.69, 9.17) is 4.74 Å². The van der Waals surface area contributed by atoms with E-state index in [0.717, 1.165) is 37.7 Å². The first-order chi connectivity index (χ1) is 14.9. The number of sulfonamides is 1. The molecular formula is C23H28N2O5S. The summed E-state index contributed by atoms with van der Waals surface area (Å²) in [5.74, 6) is -1.13. The molecule has 1 N–H and O–H groups in total. The fraction of sp³-hybridized carbons (Fsp3) is 0.391. The predicted molar refractivity (Wildman–Crippen MR) is 118 cm³/mol. The molecule has 1 aliphatic rings. The zero-order chi connectivity index (χ0) is 22.3. The van der Waals surface area contributed by atoms with Gasteiger partial charge >= 0.3 is 5.97 Å². The number of carbonyl (C=O) groups is 2. The van der Waals surface area contributed by atoms with Crippen molar-refractivity contribution in [1.29, 1.82) is 0 Å². The van der Waals surface area contributed by atoms with Crippen LogP contribution in [0.25, 0.3) is 0 Å². The van der Waals surface area contributed by atoms with Crippen molar-refractivity contribution in [3.05, 3.63) is 59.7 Å². The second kappa shape index (κ2) is 10.5. The monoisotopic (exact) mass is 444 g/mol. The first kappa shape index (κ1) is 23.0. The molecule has 1 amide bonds. The van der Waals surface area contributed by atoms with Gasteiger partial charge in [0.25, 0.3) is 5.91 Å². The Balaban J connectivity index is 1.55. The molecule has 1 saturated heterocycles. The van der Waals surface area contributed by atoms with Gasteiger partial charge in [-0.25, -0.2) is 13.2 Å². The first-order valence-corrected chi connectivity index (χ1v) is 12.0. The summed E-state index contributed by atoms with van der Waals surface area (Å²) in [6, 6.07) is 13.1. The molecule has 0 aromatic heterocycles. The minimum absolute atomic E-state index is 0.152. The Kier molecular flexibility index (Phi) is 7.81. The van der Waals surface area contributed by atoms with Gasteiger partial charge in [0.05, 0.1) is 10.5 Å². The van der Waals surface area contributed by atoms with Crippen molar-refractivity contribution < 1.29 is 22.7 Å². The van der Waals surface area contributed by atoms with Gasteiger partial charge in [0.1, 0.15) is 0 Å². The molecule has 0 bridgehead atoms. The van der Waals surface area contributed by atoms with Gasteiger partial charge in [-0.3, -0.25) is 4.79 Å². The number of nitrogens with zero attached hydrogens (tertiary/aromatic N) is 1. The fourth-order valence-electron chi connectivity index (χ4n) is 3.43. The summed E-state index contributed by atoms with van der Waals surface area (Å²) in [4.78, 5) is 24.4. The summed E-state index contributed by atoms with van der Waals surface area (Å²) in [5.41, 5.74) is 1.97. The highest BCUT2D eigenvalue weighted by atomic mass is 32.2. The number of anilines is 1. The number of rotatable bonds is 7. The lowest BCUT2D eigenvalue weighted by Gasteiger charge is -2.19. The largest absolute Gasteiger partial charge is 0.452 e. The quantitative estimate of drug-likeness (QED) is 0.659. The maximum absolute atomic E-state index is 12.8. The van der Waals surface area contributed by atoms with E-state index in [9.17, 15) is 18.0 Å². The van der Waals surface area contributed by atoms with Crippen molar-refractivity contribution in [2.24, 2.45) is 0 Å². The third-order valence-corrected chi connectivity index (χ3v) is 7.19. The van der Waals surface area contributed by atoms with E-state index < -0.39 is 28.5 Å². The molecule has 2 aromatic rings. The van der Waals surface area contributed by atoms with Gasteiger partial charge in [0.2, 0.25) is 10.0 Å². The Morgan fingerprint density at radius 2 is 1.55 bits per heavy atom. The zero-order valence-electron chi connectivity index (χ0n) is 17.7. The van der Waals surface area contributed by atoms with E-state index in [-0.39, 0.29) is 10.5 Å². The van der Waals surface area contributed by atoms with Crippen LogP contribution < -0.4 is 5.32 Å². The van der Waals surface area contributed by atoms with E-state index >= 15 is 0 Å². The Hall–Kier alpha value is -2.71. The molecule has 0 atom stereocenters. The van der Waals surface area contributed by atoms with Crippen LogP contribution in [-0.4, -0.2) is 44.3 Å². The predicted octanol–water partition coefficient (Wildman–Crippen LogP) is 3.61. The van der Waals surface area contributed by atoms with Crippen LogP contribution in [0.4, 0.5) is 5.69 Å². The molecule has 1 aliphatic heterocycles. The lowest BCUT2D eigenvalue weighted by molar-refractivity contribution is -0.119. The fourth-order valence-corrected chi connectivity index (χ4v) is 4.95. The maximum atomic E-state index is 12.8. The number of aryl methyl sites for hydroxylation is 1. The summed E-state index contributed by atoms with van der Waals surface area (Å²) in [6.07, 6.45) is 4.69. The van der Waals surface area contributed by atoms with E-state index in [2.05, 4.69) is 5.32 Å². The van der Waals surface area contributed by atoms with Gasteiger partial charge in [0, 0.05) is 18.8 Å². The number of benzene rings is 2. The van der Waals surface area contributed by atoms with Crippen molar-refractivity contribution in [3.63, 3.8) is 0 Å². The normalized spacial score (nSPS) is 15.1. The average Bonchev–Trinajstić information content (AvgIpc) is 3.08. The summed E-state index contributed by atoms with van der Waals surface area (Å²) in [5, 5.41) is 2.67. The molecular weight excluding hydrogens is 416 g/mol. The molecule has 3 rings (SSSR count). The standard InChI is InChI=1S/C23H28N2O5S/c1-2-18-7-11-20(12-8-18)24-22(26)17-30-23(27)19-9-13-21(14-10-19)31(28,29)25-15-5-3-4-6-16-25/h7-14H,2-6,15-17H2,1H3,(H,24,26). The SMILES string of the molecule is CCc1ccc(NC(=O)COC(=O)c2ccc(S(=O)(=O)N3CCCCCC3)cc2)cc1. The number of ether oxygens (including phenoxy) is 1. The molecule has 166 valence electrons. The van der Waals surface area contributed by atoms with Gasteiger partial charge in [-0.1, -0.05) is 31.9 Å². The smallest absolute Gasteiger partial charge is 0.338 e. The third kappa shape index (κ3) is 6.15. The molecule has 1 fully saturated rings. The van der Waals surface area contributed by atoms with Crippen LogP contribution in [0.5, 0.6) is 0 Å². The van der Waals surface area contributed by atoms with Crippen molar-refractivity contribution in [1.82, 2.24) is 4.31 Å². The minimum Gasteiger partial charge on any atom is -0.452 e. The van der Waals surface area contributed by atoms with Crippen LogP contribution in [0.3, 0.4) is 0 Å². The molecule has 0 spiro atoms. The topological polar surface area (TPSA) is 92.8 Å².